The molecule has 0 fully saturated rings. The molecule has 0 aliphatic rings. The van der Waals surface area contributed by atoms with Gasteiger partial charge in [0.15, 0.2) is 0 Å². The fourth-order valence-corrected chi connectivity index (χ4v) is 1.50. The van der Waals surface area contributed by atoms with Crippen LogP contribution in [0.3, 0.4) is 0 Å². The third-order valence-corrected chi connectivity index (χ3v) is 2.31. The molecule has 0 radical (unpaired) electrons. The summed E-state index contributed by atoms with van der Waals surface area (Å²) in [5.74, 6) is 0.875. The van der Waals surface area contributed by atoms with Crippen LogP contribution in [0.4, 0.5) is 0 Å². The maximum Gasteiger partial charge on any atom is 0.119 e. The van der Waals surface area contributed by atoms with Gasteiger partial charge in [0.2, 0.25) is 0 Å². The Hall–Kier alpha value is -1.54. The molecule has 0 aliphatic heterocycles. The van der Waals surface area contributed by atoms with Crippen molar-refractivity contribution in [1.82, 2.24) is 0 Å². The highest BCUT2D eigenvalue weighted by Crippen LogP contribution is 2.09. The van der Waals surface area contributed by atoms with Crippen LogP contribution in [-0.4, -0.2) is 19.3 Å². The molecular weight excluding hydrogens is 212 g/mol. The molecule has 2 heteroatoms. The van der Waals surface area contributed by atoms with Crippen molar-refractivity contribution >= 4 is 0 Å². The molecular formula is C15H20O2. The second-order valence-electron chi connectivity index (χ2n) is 3.70. The van der Waals surface area contributed by atoms with Crippen LogP contribution in [-0.2, 0) is 4.74 Å². The molecule has 0 saturated carbocycles. The predicted molar refractivity (Wildman–Crippen MR) is 71.3 cm³/mol. The van der Waals surface area contributed by atoms with Gasteiger partial charge < -0.3 is 9.47 Å². The Labute approximate surface area is 104 Å². The minimum atomic E-state index is 0.171. The zero-order chi connectivity index (χ0) is 12.3. The van der Waals surface area contributed by atoms with Crippen LogP contribution >= 0.6 is 0 Å². The average molecular weight is 232 g/mol. The standard InChI is InChI=1S/C15H20O2/c1-3-8-14(9-4-2)16-12-13-17-15-10-6-5-7-11-15/h3-7,10-11,14H,1-2,8-9,12-13H2. The van der Waals surface area contributed by atoms with Gasteiger partial charge in [-0.15, -0.1) is 13.2 Å². The van der Waals surface area contributed by atoms with Gasteiger partial charge in [-0.25, -0.2) is 0 Å². The molecule has 0 aliphatic carbocycles. The maximum atomic E-state index is 5.68. The molecule has 0 spiro atoms. The van der Waals surface area contributed by atoms with Crippen molar-refractivity contribution in [3.63, 3.8) is 0 Å². The summed E-state index contributed by atoms with van der Waals surface area (Å²) < 4.78 is 11.2. The van der Waals surface area contributed by atoms with Gasteiger partial charge in [-0.3, -0.25) is 0 Å². The van der Waals surface area contributed by atoms with E-state index >= 15 is 0 Å². The third kappa shape index (κ3) is 5.93. The lowest BCUT2D eigenvalue weighted by molar-refractivity contribution is 0.0374. The summed E-state index contributed by atoms with van der Waals surface area (Å²) in [5.41, 5.74) is 0. The van der Waals surface area contributed by atoms with Gasteiger partial charge in [0, 0.05) is 0 Å². The second kappa shape index (κ2) is 8.59. The SMILES string of the molecule is C=CCC(CC=C)OCCOc1ccccc1. The quantitative estimate of drug-likeness (QED) is 0.478. The van der Waals surface area contributed by atoms with Gasteiger partial charge in [-0.1, -0.05) is 30.4 Å². The van der Waals surface area contributed by atoms with E-state index in [-0.39, 0.29) is 6.10 Å². The van der Waals surface area contributed by atoms with Gasteiger partial charge in [-0.2, -0.15) is 0 Å². The number of para-hydroxylation sites is 1. The van der Waals surface area contributed by atoms with E-state index in [4.69, 9.17) is 9.47 Å². The van der Waals surface area contributed by atoms with E-state index in [1.54, 1.807) is 0 Å². The lowest BCUT2D eigenvalue weighted by atomic mass is 10.2. The van der Waals surface area contributed by atoms with Crippen LogP contribution in [0, 0.1) is 0 Å². The zero-order valence-electron chi connectivity index (χ0n) is 10.2. The normalized spacial score (nSPS) is 10.2. The first-order valence-corrected chi connectivity index (χ1v) is 5.88. The smallest absolute Gasteiger partial charge is 0.119 e. The van der Waals surface area contributed by atoms with Crippen molar-refractivity contribution in [2.75, 3.05) is 13.2 Å². The number of rotatable bonds is 9. The van der Waals surface area contributed by atoms with E-state index in [2.05, 4.69) is 13.2 Å². The first-order valence-electron chi connectivity index (χ1n) is 5.88. The molecule has 0 amide bonds. The third-order valence-electron chi connectivity index (χ3n) is 2.31. The lowest BCUT2D eigenvalue weighted by Gasteiger charge is -2.14. The minimum Gasteiger partial charge on any atom is -0.491 e. The monoisotopic (exact) mass is 232 g/mol. The molecule has 0 unspecified atom stereocenters. The first kappa shape index (κ1) is 13.5. The van der Waals surface area contributed by atoms with Gasteiger partial charge >= 0.3 is 0 Å². The Morgan fingerprint density at radius 3 is 2.24 bits per heavy atom. The van der Waals surface area contributed by atoms with Crippen molar-refractivity contribution < 1.29 is 9.47 Å². The Morgan fingerprint density at radius 2 is 1.65 bits per heavy atom. The molecule has 2 nitrogen and oxygen atoms in total. The fourth-order valence-electron chi connectivity index (χ4n) is 1.50. The summed E-state index contributed by atoms with van der Waals surface area (Å²) in [6.45, 7) is 8.57. The van der Waals surface area contributed by atoms with Crippen LogP contribution in [0.1, 0.15) is 12.8 Å². The van der Waals surface area contributed by atoms with E-state index in [1.807, 2.05) is 42.5 Å². The van der Waals surface area contributed by atoms with Gasteiger partial charge in [-0.05, 0) is 25.0 Å². The Balaban J connectivity index is 2.17. The summed E-state index contributed by atoms with van der Waals surface area (Å²) in [4.78, 5) is 0. The zero-order valence-corrected chi connectivity index (χ0v) is 10.2. The summed E-state index contributed by atoms with van der Waals surface area (Å²) in [6.07, 6.45) is 5.59. The highest BCUT2D eigenvalue weighted by atomic mass is 16.5. The van der Waals surface area contributed by atoms with Crippen molar-refractivity contribution in [3.05, 3.63) is 55.6 Å². The van der Waals surface area contributed by atoms with E-state index < -0.39 is 0 Å². The van der Waals surface area contributed by atoms with Crippen LogP contribution in [0.2, 0.25) is 0 Å². The molecule has 0 saturated heterocycles. The molecule has 0 bridgehead atoms. The minimum absolute atomic E-state index is 0.171. The van der Waals surface area contributed by atoms with Crippen molar-refractivity contribution in [1.29, 1.82) is 0 Å². The molecule has 0 heterocycles. The topological polar surface area (TPSA) is 18.5 Å². The largest absolute Gasteiger partial charge is 0.491 e. The predicted octanol–water partition coefficient (Wildman–Crippen LogP) is 3.60. The summed E-state index contributed by atoms with van der Waals surface area (Å²) in [6, 6.07) is 9.74. The summed E-state index contributed by atoms with van der Waals surface area (Å²) in [5, 5.41) is 0. The highest BCUT2D eigenvalue weighted by Gasteiger charge is 2.04. The van der Waals surface area contributed by atoms with Crippen LogP contribution in [0.15, 0.2) is 55.6 Å². The fraction of sp³-hybridized carbons (Fsp3) is 0.333. The average Bonchev–Trinajstić information content (AvgIpc) is 2.36. The Morgan fingerprint density at radius 1 is 1.00 bits per heavy atom. The van der Waals surface area contributed by atoms with E-state index in [0.717, 1.165) is 18.6 Å². The number of hydrogen-bond acceptors (Lipinski definition) is 2. The van der Waals surface area contributed by atoms with E-state index in [9.17, 15) is 0 Å². The molecule has 0 aromatic heterocycles. The molecule has 1 rings (SSSR count). The number of hydrogen-bond donors (Lipinski definition) is 0. The second-order valence-corrected chi connectivity index (χ2v) is 3.70. The van der Waals surface area contributed by atoms with Crippen molar-refractivity contribution in [3.8, 4) is 5.75 Å². The first-order chi connectivity index (χ1) is 8.36. The maximum absolute atomic E-state index is 5.68. The van der Waals surface area contributed by atoms with Crippen LogP contribution in [0.5, 0.6) is 5.75 Å². The molecule has 17 heavy (non-hydrogen) atoms. The molecule has 92 valence electrons. The highest BCUT2D eigenvalue weighted by molar-refractivity contribution is 5.20. The molecule has 0 N–H and O–H groups in total. The van der Waals surface area contributed by atoms with E-state index in [1.165, 1.54) is 0 Å². The molecule has 0 atom stereocenters. The summed E-state index contributed by atoms with van der Waals surface area (Å²) >= 11 is 0. The summed E-state index contributed by atoms with van der Waals surface area (Å²) in [7, 11) is 0. The Kier molecular flexibility index (Phi) is 6.84. The molecule has 1 aromatic rings. The molecule has 1 aromatic carbocycles. The number of ether oxygens (including phenoxy) is 2. The lowest BCUT2D eigenvalue weighted by Crippen LogP contribution is -2.16. The van der Waals surface area contributed by atoms with Gasteiger partial charge in [0.05, 0.1) is 12.7 Å². The van der Waals surface area contributed by atoms with Gasteiger partial charge in [0.25, 0.3) is 0 Å². The van der Waals surface area contributed by atoms with Crippen molar-refractivity contribution in [2.45, 2.75) is 18.9 Å². The number of benzene rings is 1. The van der Waals surface area contributed by atoms with Crippen LogP contribution in [0.25, 0.3) is 0 Å². The van der Waals surface area contributed by atoms with Crippen molar-refractivity contribution in [2.24, 2.45) is 0 Å². The van der Waals surface area contributed by atoms with Gasteiger partial charge in [0.1, 0.15) is 12.4 Å². The van der Waals surface area contributed by atoms with Crippen LogP contribution < -0.4 is 4.74 Å². The van der Waals surface area contributed by atoms with E-state index in [0.29, 0.717) is 13.2 Å². The Bertz CT molecular complexity index is 309.